The van der Waals surface area contributed by atoms with E-state index in [4.69, 9.17) is 11.6 Å². The van der Waals surface area contributed by atoms with E-state index in [1.54, 1.807) is 11.8 Å². The standard InChI is InChI=1S/C10H11ClS/c1-3-6-12-10-5-4-9(11)7-8(10)2/h3-7H,1-2H3/b6-3-. The molecule has 1 aromatic rings. The summed E-state index contributed by atoms with van der Waals surface area (Å²) < 4.78 is 0. The Labute approximate surface area is 82.6 Å². The fraction of sp³-hybridized carbons (Fsp3) is 0.200. The van der Waals surface area contributed by atoms with Crippen LogP contribution in [0.4, 0.5) is 0 Å². The average Bonchev–Trinajstić information content (AvgIpc) is 2.03. The van der Waals surface area contributed by atoms with Crippen molar-refractivity contribution in [2.45, 2.75) is 18.7 Å². The third kappa shape index (κ3) is 2.58. The van der Waals surface area contributed by atoms with E-state index in [1.807, 2.05) is 31.2 Å². The van der Waals surface area contributed by atoms with E-state index < -0.39 is 0 Å². The van der Waals surface area contributed by atoms with E-state index in [1.165, 1.54) is 10.5 Å². The van der Waals surface area contributed by atoms with Crippen LogP contribution >= 0.6 is 23.4 Å². The van der Waals surface area contributed by atoms with Gasteiger partial charge in [-0.15, -0.1) is 0 Å². The predicted molar refractivity (Wildman–Crippen MR) is 56.9 cm³/mol. The van der Waals surface area contributed by atoms with Gasteiger partial charge in [-0.1, -0.05) is 29.4 Å². The summed E-state index contributed by atoms with van der Waals surface area (Å²) >= 11 is 7.54. The summed E-state index contributed by atoms with van der Waals surface area (Å²) in [5, 5.41) is 2.87. The Bertz CT molecular complexity index is 292. The average molecular weight is 199 g/mol. The Balaban J connectivity index is 2.86. The van der Waals surface area contributed by atoms with Gasteiger partial charge >= 0.3 is 0 Å². The van der Waals surface area contributed by atoms with Gasteiger partial charge in [-0.25, -0.2) is 0 Å². The van der Waals surface area contributed by atoms with Gasteiger partial charge in [0, 0.05) is 9.92 Å². The zero-order valence-electron chi connectivity index (χ0n) is 7.17. The van der Waals surface area contributed by atoms with Crippen molar-refractivity contribution in [3.8, 4) is 0 Å². The van der Waals surface area contributed by atoms with E-state index in [-0.39, 0.29) is 0 Å². The summed E-state index contributed by atoms with van der Waals surface area (Å²) in [7, 11) is 0. The van der Waals surface area contributed by atoms with Crippen LogP contribution in [0.15, 0.2) is 34.6 Å². The van der Waals surface area contributed by atoms with Crippen LogP contribution in [-0.4, -0.2) is 0 Å². The van der Waals surface area contributed by atoms with Gasteiger partial charge in [-0.3, -0.25) is 0 Å². The fourth-order valence-corrected chi connectivity index (χ4v) is 1.79. The Kier molecular flexibility index (Phi) is 3.70. The Morgan fingerprint density at radius 2 is 2.17 bits per heavy atom. The van der Waals surface area contributed by atoms with Crippen LogP contribution in [0, 0.1) is 6.92 Å². The van der Waals surface area contributed by atoms with Crippen LogP contribution in [0.5, 0.6) is 0 Å². The zero-order chi connectivity index (χ0) is 8.97. The number of benzene rings is 1. The molecule has 1 aromatic carbocycles. The van der Waals surface area contributed by atoms with E-state index in [0.717, 1.165) is 5.02 Å². The molecule has 64 valence electrons. The van der Waals surface area contributed by atoms with Crippen molar-refractivity contribution in [3.63, 3.8) is 0 Å². The van der Waals surface area contributed by atoms with Gasteiger partial charge in [0.25, 0.3) is 0 Å². The monoisotopic (exact) mass is 198 g/mol. The minimum Gasteiger partial charge on any atom is -0.0981 e. The van der Waals surface area contributed by atoms with Crippen LogP contribution in [-0.2, 0) is 0 Å². The van der Waals surface area contributed by atoms with Crippen LogP contribution < -0.4 is 0 Å². The first-order valence-corrected chi connectivity index (χ1v) is 5.04. The van der Waals surface area contributed by atoms with Crippen molar-refractivity contribution >= 4 is 23.4 Å². The highest BCUT2D eigenvalue weighted by Gasteiger charge is 1.96. The highest BCUT2D eigenvalue weighted by Crippen LogP contribution is 2.25. The molecule has 0 spiro atoms. The van der Waals surface area contributed by atoms with E-state index in [0.29, 0.717) is 0 Å². The molecule has 0 fully saturated rings. The molecular weight excluding hydrogens is 188 g/mol. The van der Waals surface area contributed by atoms with E-state index >= 15 is 0 Å². The third-order valence-corrected chi connectivity index (χ3v) is 2.82. The number of aryl methyl sites for hydroxylation is 1. The second-order valence-electron chi connectivity index (χ2n) is 2.50. The summed E-state index contributed by atoms with van der Waals surface area (Å²) in [5.41, 5.74) is 1.23. The Morgan fingerprint density at radius 1 is 1.42 bits per heavy atom. The van der Waals surface area contributed by atoms with Gasteiger partial charge in [-0.2, -0.15) is 0 Å². The van der Waals surface area contributed by atoms with Crippen molar-refractivity contribution < 1.29 is 0 Å². The van der Waals surface area contributed by atoms with Gasteiger partial charge < -0.3 is 0 Å². The van der Waals surface area contributed by atoms with Gasteiger partial charge in [0.15, 0.2) is 0 Å². The molecule has 0 nitrogen and oxygen atoms in total. The smallest absolute Gasteiger partial charge is 0.0409 e. The molecule has 0 saturated heterocycles. The molecule has 0 N–H and O–H groups in total. The minimum absolute atomic E-state index is 0.803. The Morgan fingerprint density at radius 3 is 2.75 bits per heavy atom. The molecule has 0 atom stereocenters. The van der Waals surface area contributed by atoms with Crippen molar-refractivity contribution in [1.29, 1.82) is 0 Å². The zero-order valence-corrected chi connectivity index (χ0v) is 8.75. The summed E-state index contributed by atoms with van der Waals surface area (Å²) in [5.74, 6) is 0. The second kappa shape index (κ2) is 4.58. The van der Waals surface area contributed by atoms with Crippen molar-refractivity contribution in [2.75, 3.05) is 0 Å². The molecule has 0 radical (unpaired) electrons. The highest BCUT2D eigenvalue weighted by molar-refractivity contribution is 8.02. The molecular formula is C10H11ClS. The molecule has 0 aliphatic rings. The maximum Gasteiger partial charge on any atom is 0.0409 e. The molecule has 0 unspecified atom stereocenters. The molecule has 0 amide bonds. The van der Waals surface area contributed by atoms with Gasteiger partial charge in [0.1, 0.15) is 0 Å². The van der Waals surface area contributed by atoms with Crippen LogP contribution in [0.1, 0.15) is 12.5 Å². The summed E-state index contributed by atoms with van der Waals surface area (Å²) in [6.07, 6.45) is 2.03. The van der Waals surface area contributed by atoms with Gasteiger partial charge in [0.05, 0.1) is 0 Å². The number of rotatable bonds is 2. The molecule has 0 aromatic heterocycles. The lowest BCUT2D eigenvalue weighted by Gasteiger charge is -2.01. The summed E-state index contributed by atoms with van der Waals surface area (Å²) in [6.45, 7) is 4.08. The molecule has 12 heavy (non-hydrogen) atoms. The molecule has 0 aliphatic heterocycles. The number of allylic oxidation sites excluding steroid dienone is 1. The quantitative estimate of drug-likeness (QED) is 0.640. The lowest BCUT2D eigenvalue weighted by molar-refractivity contribution is 1.31. The molecule has 0 aliphatic carbocycles. The van der Waals surface area contributed by atoms with Gasteiger partial charge in [-0.05, 0) is 43.0 Å². The van der Waals surface area contributed by atoms with E-state index in [2.05, 4.69) is 12.3 Å². The maximum atomic E-state index is 5.82. The molecule has 1 rings (SSSR count). The number of hydrogen-bond acceptors (Lipinski definition) is 1. The van der Waals surface area contributed by atoms with Crippen molar-refractivity contribution in [1.82, 2.24) is 0 Å². The lowest BCUT2D eigenvalue weighted by atomic mass is 10.2. The predicted octanol–water partition coefficient (Wildman–Crippen LogP) is 4.27. The Hall–Kier alpha value is -0.400. The number of hydrogen-bond donors (Lipinski definition) is 0. The molecule has 2 heteroatoms. The number of thioether (sulfide) groups is 1. The SMILES string of the molecule is C/C=C\Sc1ccc(Cl)cc1C. The second-order valence-corrected chi connectivity index (χ2v) is 3.88. The molecule has 0 saturated carbocycles. The van der Waals surface area contributed by atoms with Crippen LogP contribution in [0.25, 0.3) is 0 Å². The first-order valence-electron chi connectivity index (χ1n) is 3.78. The number of halogens is 1. The molecule has 0 heterocycles. The highest BCUT2D eigenvalue weighted by atomic mass is 35.5. The van der Waals surface area contributed by atoms with E-state index in [9.17, 15) is 0 Å². The van der Waals surface area contributed by atoms with Gasteiger partial charge in [0.2, 0.25) is 0 Å². The van der Waals surface area contributed by atoms with Crippen LogP contribution in [0.2, 0.25) is 5.02 Å². The topological polar surface area (TPSA) is 0 Å². The first kappa shape index (κ1) is 9.69. The normalized spacial score (nSPS) is 10.9. The first-order chi connectivity index (χ1) is 5.74. The summed E-state index contributed by atoms with van der Waals surface area (Å²) in [6, 6.07) is 5.94. The van der Waals surface area contributed by atoms with Crippen molar-refractivity contribution in [2.24, 2.45) is 0 Å². The minimum atomic E-state index is 0.803. The fourth-order valence-electron chi connectivity index (χ4n) is 0.886. The largest absolute Gasteiger partial charge is 0.0981 e. The third-order valence-electron chi connectivity index (χ3n) is 1.47. The maximum absolute atomic E-state index is 5.82. The lowest BCUT2D eigenvalue weighted by Crippen LogP contribution is -1.76. The summed E-state index contributed by atoms with van der Waals surface area (Å²) in [4.78, 5) is 1.26. The van der Waals surface area contributed by atoms with Crippen molar-refractivity contribution in [3.05, 3.63) is 40.3 Å². The molecule has 0 bridgehead atoms. The van der Waals surface area contributed by atoms with Crippen LogP contribution in [0.3, 0.4) is 0 Å².